The predicted octanol–water partition coefficient (Wildman–Crippen LogP) is 14.4. The molecule has 0 amide bonds. The van der Waals surface area contributed by atoms with Gasteiger partial charge in [0.1, 0.15) is 0 Å². The summed E-state index contributed by atoms with van der Waals surface area (Å²) < 4.78 is 0.297. The van der Waals surface area contributed by atoms with Crippen LogP contribution < -0.4 is 0 Å². The summed E-state index contributed by atoms with van der Waals surface area (Å²) >= 11 is -4.98. The van der Waals surface area contributed by atoms with Gasteiger partial charge >= 0.3 is 313 Å². The van der Waals surface area contributed by atoms with Crippen LogP contribution in [-0.4, -0.2) is 5.92 Å². The molecule has 2 saturated carbocycles. The molecular formula is C46H53Cl2SiZr. The zero-order chi connectivity index (χ0) is 34.6. The topological polar surface area (TPSA) is 0 Å². The van der Waals surface area contributed by atoms with Gasteiger partial charge < -0.3 is 0 Å². The fourth-order valence-electron chi connectivity index (χ4n) is 10.7. The number of allylic oxidation sites excluding steroid dienone is 2. The molecule has 8 rings (SSSR count). The molecule has 4 aliphatic carbocycles. The number of hydrogen-bond donors (Lipinski definition) is 0. The summed E-state index contributed by atoms with van der Waals surface area (Å²) in [4.78, 5) is 0. The first-order valence-electron chi connectivity index (χ1n) is 19.5. The Morgan fingerprint density at radius 3 is 1.28 bits per heavy atom. The quantitative estimate of drug-likeness (QED) is 0.163. The Kier molecular flexibility index (Phi) is 9.68. The summed E-state index contributed by atoms with van der Waals surface area (Å²) in [6, 6.07) is 32.0. The van der Waals surface area contributed by atoms with E-state index in [1.165, 1.54) is 120 Å². The molecule has 0 aliphatic heterocycles. The number of fused-ring (bicyclic) bond motifs is 2. The molecular weight excluding hydrogens is 743 g/mol. The number of hydrogen-bond acceptors (Lipinski definition) is 0. The van der Waals surface area contributed by atoms with Crippen LogP contribution >= 0.6 is 17.0 Å². The van der Waals surface area contributed by atoms with E-state index in [1.54, 1.807) is 11.1 Å². The van der Waals surface area contributed by atoms with Gasteiger partial charge in [0.25, 0.3) is 0 Å². The SMILES string of the molecule is Cc1cc(-c2ccccc2)c2c(c1)[CH]([Zr]([Cl])([Cl])([CH]1C(C3CCCCC3)=Cc3c(-c4ccccc4)cc(C)cc31)[SiH](C)C)C(C1CCCCC1)=C2. The minimum absolute atomic E-state index is 0.149. The molecule has 4 aliphatic rings. The maximum atomic E-state index is 9.08. The Bertz CT molecular complexity index is 1830. The van der Waals surface area contributed by atoms with Gasteiger partial charge in [-0.2, -0.15) is 0 Å². The summed E-state index contributed by atoms with van der Waals surface area (Å²) in [5.74, 6) is -0.558. The van der Waals surface area contributed by atoms with Crippen molar-refractivity contribution < 1.29 is 15.6 Å². The first-order chi connectivity index (χ1) is 24.1. The summed E-state index contributed by atoms with van der Waals surface area (Å²) in [7, 11) is 18.2. The molecule has 4 aromatic rings. The van der Waals surface area contributed by atoms with Gasteiger partial charge in [-0.1, -0.05) is 0 Å². The Morgan fingerprint density at radius 1 is 0.540 bits per heavy atom. The zero-order valence-corrected chi connectivity index (χ0v) is 35.6. The van der Waals surface area contributed by atoms with Crippen molar-refractivity contribution in [2.75, 3.05) is 0 Å². The maximum absolute atomic E-state index is 9.08. The first kappa shape index (κ1) is 35.1. The third kappa shape index (κ3) is 5.88. The van der Waals surface area contributed by atoms with Crippen molar-refractivity contribution in [3.05, 3.63) is 129 Å². The van der Waals surface area contributed by atoms with Crippen molar-refractivity contribution >= 4 is 35.1 Å². The molecule has 2 atom stereocenters. The van der Waals surface area contributed by atoms with Gasteiger partial charge in [-0.15, -0.1) is 0 Å². The Morgan fingerprint density at radius 2 is 0.920 bits per heavy atom. The number of aryl methyl sites for hydroxylation is 2. The normalized spacial score (nSPS) is 22.1. The minimum atomic E-state index is -4.98. The van der Waals surface area contributed by atoms with Gasteiger partial charge in [-0.3, -0.25) is 0 Å². The summed E-state index contributed by atoms with van der Waals surface area (Å²) in [6.45, 7) is 9.66. The summed E-state index contributed by atoms with van der Waals surface area (Å²) in [5, 5.41) is 0. The van der Waals surface area contributed by atoms with Crippen molar-refractivity contribution in [3.8, 4) is 22.3 Å². The second kappa shape index (κ2) is 13.8. The Hall–Kier alpha value is -1.96. The molecule has 4 heteroatoms. The van der Waals surface area contributed by atoms with E-state index in [1.807, 2.05) is 0 Å². The second-order valence-corrected chi connectivity index (χ2v) is 59.1. The number of rotatable bonds is 7. The van der Waals surface area contributed by atoms with E-state index in [9.17, 15) is 0 Å². The fraction of sp³-hybridized carbons (Fsp3) is 0.391. The van der Waals surface area contributed by atoms with E-state index >= 15 is 0 Å². The van der Waals surface area contributed by atoms with Crippen LogP contribution in [0.2, 0.25) is 13.1 Å². The number of halogens is 2. The van der Waals surface area contributed by atoms with Crippen LogP contribution in [0.25, 0.3) is 34.4 Å². The van der Waals surface area contributed by atoms with Crippen molar-refractivity contribution in [1.82, 2.24) is 0 Å². The third-order valence-corrected chi connectivity index (χ3v) is 64.8. The van der Waals surface area contributed by atoms with E-state index in [0.29, 0.717) is 11.8 Å². The van der Waals surface area contributed by atoms with Crippen LogP contribution in [0.3, 0.4) is 0 Å². The second-order valence-electron chi connectivity index (χ2n) is 16.6. The van der Waals surface area contributed by atoms with Crippen molar-refractivity contribution in [2.45, 2.75) is 98.4 Å². The molecule has 50 heavy (non-hydrogen) atoms. The Balaban J connectivity index is 1.41. The van der Waals surface area contributed by atoms with Crippen molar-refractivity contribution in [1.29, 1.82) is 0 Å². The van der Waals surface area contributed by atoms with Crippen LogP contribution in [0.1, 0.15) is 105 Å². The average Bonchev–Trinajstić information content (AvgIpc) is 3.73. The van der Waals surface area contributed by atoms with Crippen molar-refractivity contribution in [2.24, 2.45) is 11.8 Å². The van der Waals surface area contributed by atoms with Crippen LogP contribution in [0.4, 0.5) is 0 Å². The molecule has 0 nitrogen and oxygen atoms in total. The molecule has 0 saturated heterocycles. The molecule has 2 fully saturated rings. The van der Waals surface area contributed by atoms with E-state index in [4.69, 9.17) is 17.0 Å². The van der Waals surface area contributed by atoms with Crippen LogP contribution in [0, 0.1) is 25.7 Å². The molecule has 259 valence electrons. The van der Waals surface area contributed by atoms with Gasteiger partial charge in [-0.25, -0.2) is 0 Å². The molecule has 2 unspecified atom stereocenters. The zero-order valence-electron chi connectivity index (χ0n) is 30.5. The van der Waals surface area contributed by atoms with E-state index in [0.717, 1.165) is 0 Å². The average molecular weight is 796 g/mol. The summed E-state index contributed by atoms with van der Waals surface area (Å²) in [6.07, 6.45) is 18.3. The standard InChI is InChI=1S/2C22H23.C2H7Si.2ClH.Zr/c2*1-16-12-20-14-19(17-8-4-2-5-9-17)15-22(20)21(13-16)18-10-6-3-7-11-18;1-3-2;;;/h2*3,6-7,10-15,17H,2,4-5,8-9H2,1H3;3H,1-2H3;2*1H;/q;;;;;+2/p-2. The fourth-order valence-corrected chi connectivity index (χ4v) is 41.6. The van der Waals surface area contributed by atoms with Crippen LogP contribution in [0.15, 0.2) is 96.1 Å². The van der Waals surface area contributed by atoms with E-state index < -0.39 is 21.5 Å². The van der Waals surface area contributed by atoms with Gasteiger partial charge in [0.15, 0.2) is 0 Å². The molecule has 0 radical (unpaired) electrons. The van der Waals surface area contributed by atoms with Gasteiger partial charge in [0, 0.05) is 0 Å². The molecule has 0 aromatic heterocycles. The first-order valence-corrected chi connectivity index (χ1v) is 35.9. The molecule has 4 aromatic carbocycles. The third-order valence-electron chi connectivity index (χ3n) is 13.2. The van der Waals surface area contributed by atoms with Crippen LogP contribution in [-0.2, 0) is 15.6 Å². The molecule has 0 heterocycles. The van der Waals surface area contributed by atoms with E-state index in [2.05, 4.69) is 124 Å². The van der Waals surface area contributed by atoms with Crippen molar-refractivity contribution in [3.63, 3.8) is 0 Å². The van der Waals surface area contributed by atoms with Gasteiger partial charge in [0.2, 0.25) is 0 Å². The monoisotopic (exact) mass is 793 g/mol. The predicted molar refractivity (Wildman–Crippen MR) is 218 cm³/mol. The van der Waals surface area contributed by atoms with Gasteiger partial charge in [-0.05, 0) is 0 Å². The molecule has 0 N–H and O–H groups in total. The molecule has 0 spiro atoms. The summed E-state index contributed by atoms with van der Waals surface area (Å²) in [5.41, 5.74) is 16.8. The molecule has 0 bridgehead atoms. The number of benzene rings is 4. The van der Waals surface area contributed by atoms with E-state index in [-0.39, 0.29) is 7.25 Å². The van der Waals surface area contributed by atoms with Gasteiger partial charge in [0.05, 0.1) is 0 Å². The van der Waals surface area contributed by atoms with Crippen LogP contribution in [0.5, 0.6) is 0 Å². The Labute approximate surface area is 310 Å².